The second-order valence-electron chi connectivity index (χ2n) is 2.35. The first kappa shape index (κ1) is 9.55. The molecule has 0 amide bonds. The summed E-state index contributed by atoms with van der Waals surface area (Å²) in [5, 5.41) is 9.58. The first-order valence-corrected chi connectivity index (χ1v) is 4.38. The summed E-state index contributed by atoms with van der Waals surface area (Å²) in [5.74, 6) is -0.146. The zero-order valence-corrected chi connectivity index (χ0v) is 8.61. The SMILES string of the molecule is CC(=O)c1cc(O)c(Br)c(Cl)c1. The minimum absolute atomic E-state index is 0.0206. The molecule has 64 valence electrons. The van der Waals surface area contributed by atoms with Crippen LogP contribution in [0.3, 0.4) is 0 Å². The topological polar surface area (TPSA) is 37.3 Å². The normalized spacial score (nSPS) is 9.92. The van der Waals surface area contributed by atoms with Gasteiger partial charge in [0.15, 0.2) is 5.78 Å². The predicted molar refractivity (Wildman–Crippen MR) is 50.8 cm³/mol. The van der Waals surface area contributed by atoms with Crippen molar-refractivity contribution in [1.29, 1.82) is 0 Å². The third kappa shape index (κ3) is 1.79. The van der Waals surface area contributed by atoms with E-state index in [1.807, 2.05) is 0 Å². The van der Waals surface area contributed by atoms with Crippen LogP contribution in [0.1, 0.15) is 17.3 Å². The van der Waals surface area contributed by atoms with Crippen LogP contribution >= 0.6 is 27.5 Å². The van der Waals surface area contributed by atoms with Crippen LogP contribution in [0.4, 0.5) is 0 Å². The maximum absolute atomic E-state index is 10.9. The zero-order chi connectivity index (χ0) is 9.30. The van der Waals surface area contributed by atoms with E-state index < -0.39 is 0 Å². The second kappa shape index (κ2) is 3.46. The number of carbonyl (C=O) groups excluding carboxylic acids is 1. The molecule has 0 heterocycles. The fraction of sp³-hybridized carbons (Fsp3) is 0.125. The van der Waals surface area contributed by atoms with Gasteiger partial charge in [0.25, 0.3) is 0 Å². The van der Waals surface area contributed by atoms with Crippen molar-refractivity contribution in [3.05, 3.63) is 27.2 Å². The number of rotatable bonds is 1. The van der Waals surface area contributed by atoms with E-state index in [0.717, 1.165) is 0 Å². The molecule has 12 heavy (non-hydrogen) atoms. The van der Waals surface area contributed by atoms with Gasteiger partial charge in [0, 0.05) is 5.56 Å². The van der Waals surface area contributed by atoms with Crippen molar-refractivity contribution in [2.45, 2.75) is 6.92 Å². The Kier molecular flexibility index (Phi) is 2.75. The number of halogens is 2. The molecule has 0 fully saturated rings. The molecular weight excluding hydrogens is 243 g/mol. The molecule has 0 unspecified atom stereocenters. The summed E-state index contributed by atoms with van der Waals surface area (Å²) in [5.41, 5.74) is 0.403. The minimum atomic E-state index is -0.125. The number of benzene rings is 1. The third-order valence-corrected chi connectivity index (χ3v) is 2.78. The lowest BCUT2D eigenvalue weighted by Crippen LogP contribution is -1.91. The van der Waals surface area contributed by atoms with Crippen LogP contribution in [0.25, 0.3) is 0 Å². The highest BCUT2D eigenvalue weighted by molar-refractivity contribution is 9.10. The number of ketones is 1. The molecular formula is C8H6BrClO2. The lowest BCUT2D eigenvalue weighted by atomic mass is 10.1. The van der Waals surface area contributed by atoms with Crippen LogP contribution in [0.15, 0.2) is 16.6 Å². The Morgan fingerprint density at radius 3 is 2.58 bits per heavy atom. The molecule has 0 aromatic heterocycles. The monoisotopic (exact) mass is 248 g/mol. The molecule has 0 atom stereocenters. The highest BCUT2D eigenvalue weighted by Gasteiger charge is 2.08. The summed E-state index contributed by atoms with van der Waals surface area (Å²) in [4.78, 5) is 10.9. The van der Waals surface area contributed by atoms with Crippen molar-refractivity contribution in [1.82, 2.24) is 0 Å². The van der Waals surface area contributed by atoms with Crippen LogP contribution in [0.2, 0.25) is 5.02 Å². The Morgan fingerprint density at radius 1 is 1.58 bits per heavy atom. The molecule has 1 aromatic rings. The van der Waals surface area contributed by atoms with E-state index in [2.05, 4.69) is 15.9 Å². The maximum atomic E-state index is 10.9. The molecule has 1 rings (SSSR count). The first-order chi connectivity index (χ1) is 5.52. The second-order valence-corrected chi connectivity index (χ2v) is 3.55. The van der Waals surface area contributed by atoms with E-state index in [-0.39, 0.29) is 11.5 Å². The molecule has 0 aliphatic heterocycles. The van der Waals surface area contributed by atoms with Gasteiger partial charge in [0.05, 0.1) is 9.50 Å². The van der Waals surface area contributed by atoms with E-state index in [0.29, 0.717) is 15.1 Å². The van der Waals surface area contributed by atoms with Crippen LogP contribution in [-0.4, -0.2) is 10.9 Å². The minimum Gasteiger partial charge on any atom is -0.507 e. The highest BCUT2D eigenvalue weighted by Crippen LogP contribution is 2.32. The van der Waals surface area contributed by atoms with Crippen LogP contribution in [0.5, 0.6) is 5.75 Å². The van der Waals surface area contributed by atoms with E-state index in [1.54, 1.807) is 0 Å². The molecule has 1 aromatic carbocycles. The summed E-state index contributed by atoms with van der Waals surface area (Å²) in [7, 11) is 0. The molecule has 0 aliphatic rings. The molecule has 0 saturated carbocycles. The average Bonchev–Trinajstić information content (AvgIpc) is 1.99. The zero-order valence-electron chi connectivity index (χ0n) is 6.27. The van der Waals surface area contributed by atoms with Crippen molar-refractivity contribution < 1.29 is 9.90 Å². The fourth-order valence-electron chi connectivity index (χ4n) is 0.778. The number of hydrogen-bond acceptors (Lipinski definition) is 2. The molecule has 0 radical (unpaired) electrons. The van der Waals surface area contributed by atoms with Gasteiger partial charge >= 0.3 is 0 Å². The average molecular weight is 249 g/mol. The van der Waals surface area contributed by atoms with Gasteiger partial charge < -0.3 is 5.11 Å². The quantitative estimate of drug-likeness (QED) is 0.777. The third-order valence-electron chi connectivity index (χ3n) is 1.42. The van der Waals surface area contributed by atoms with E-state index in [1.165, 1.54) is 19.1 Å². The van der Waals surface area contributed by atoms with Gasteiger partial charge in [-0.25, -0.2) is 0 Å². The smallest absolute Gasteiger partial charge is 0.159 e. The summed E-state index contributed by atoms with van der Waals surface area (Å²) in [6.07, 6.45) is 0. The van der Waals surface area contributed by atoms with Crippen LogP contribution < -0.4 is 0 Å². The van der Waals surface area contributed by atoms with E-state index in [9.17, 15) is 9.90 Å². The van der Waals surface area contributed by atoms with E-state index >= 15 is 0 Å². The summed E-state index contributed by atoms with van der Waals surface area (Å²) >= 11 is 8.77. The van der Waals surface area contributed by atoms with Crippen LogP contribution in [0, 0.1) is 0 Å². The van der Waals surface area contributed by atoms with Crippen molar-refractivity contribution in [3.8, 4) is 5.75 Å². The first-order valence-electron chi connectivity index (χ1n) is 3.21. The number of phenols is 1. The molecule has 0 bridgehead atoms. The highest BCUT2D eigenvalue weighted by atomic mass is 79.9. The standard InChI is InChI=1S/C8H6BrClO2/c1-4(11)5-2-6(10)8(9)7(12)3-5/h2-3,12H,1H3. The number of phenolic OH excluding ortho intramolecular Hbond substituents is 1. The number of carbonyl (C=O) groups is 1. The van der Waals surface area contributed by atoms with Gasteiger partial charge in [-0.15, -0.1) is 0 Å². The molecule has 0 spiro atoms. The lowest BCUT2D eigenvalue weighted by Gasteiger charge is -2.01. The molecule has 1 N–H and O–H groups in total. The Morgan fingerprint density at radius 2 is 2.17 bits per heavy atom. The summed E-state index contributed by atoms with van der Waals surface area (Å²) in [6, 6.07) is 2.88. The number of Topliss-reactive ketones (excluding diaryl/α,β-unsaturated/α-hetero) is 1. The molecule has 0 saturated heterocycles. The Bertz CT molecular complexity index is 313. The van der Waals surface area contributed by atoms with Crippen molar-refractivity contribution in [2.24, 2.45) is 0 Å². The van der Waals surface area contributed by atoms with Gasteiger partial charge in [0.2, 0.25) is 0 Å². The predicted octanol–water partition coefficient (Wildman–Crippen LogP) is 3.01. The molecule has 4 heteroatoms. The van der Waals surface area contributed by atoms with Gasteiger partial charge in [-0.05, 0) is 35.0 Å². The Hall–Kier alpha value is -0.540. The van der Waals surface area contributed by atoms with Crippen molar-refractivity contribution in [2.75, 3.05) is 0 Å². The number of hydrogen-bond donors (Lipinski definition) is 1. The fourth-order valence-corrected chi connectivity index (χ4v) is 1.22. The van der Waals surface area contributed by atoms with Gasteiger partial charge in [0.1, 0.15) is 5.75 Å². The Labute approximate surface area is 83.3 Å². The van der Waals surface area contributed by atoms with Gasteiger partial charge in [-0.1, -0.05) is 11.6 Å². The number of aromatic hydroxyl groups is 1. The van der Waals surface area contributed by atoms with E-state index in [4.69, 9.17) is 11.6 Å². The largest absolute Gasteiger partial charge is 0.507 e. The summed E-state index contributed by atoms with van der Waals surface area (Å²) < 4.78 is 0.411. The van der Waals surface area contributed by atoms with Crippen molar-refractivity contribution in [3.63, 3.8) is 0 Å². The van der Waals surface area contributed by atoms with Crippen LogP contribution in [-0.2, 0) is 0 Å². The lowest BCUT2D eigenvalue weighted by molar-refractivity contribution is 0.101. The summed E-state index contributed by atoms with van der Waals surface area (Å²) in [6.45, 7) is 1.42. The van der Waals surface area contributed by atoms with Gasteiger partial charge in [-0.2, -0.15) is 0 Å². The van der Waals surface area contributed by atoms with Gasteiger partial charge in [-0.3, -0.25) is 4.79 Å². The van der Waals surface area contributed by atoms with Crippen molar-refractivity contribution >= 4 is 33.3 Å². The maximum Gasteiger partial charge on any atom is 0.159 e. The molecule has 2 nitrogen and oxygen atoms in total. The molecule has 0 aliphatic carbocycles. The Balaban J connectivity index is 3.31.